The van der Waals surface area contributed by atoms with Gasteiger partial charge in [-0.05, 0) is 144 Å². The summed E-state index contributed by atoms with van der Waals surface area (Å²) in [6.45, 7) is 9.61. The number of hydrogen-bond acceptors (Lipinski definition) is 9. The molecule has 6 rings (SSSR count). The van der Waals surface area contributed by atoms with E-state index in [0.29, 0.717) is 42.8 Å². The molecule has 3 heterocycles. The fourth-order valence-corrected chi connectivity index (χ4v) is 10.6. The molecule has 12 heteroatoms. The highest BCUT2D eigenvalue weighted by atomic mass is 35.5. The Morgan fingerprint density at radius 2 is 1.81 bits per heavy atom. The average Bonchev–Trinajstić information content (AvgIpc) is 3.14. The predicted molar refractivity (Wildman–Crippen MR) is 211 cm³/mol. The van der Waals surface area contributed by atoms with Crippen LogP contribution in [0.1, 0.15) is 93.1 Å². The maximum absolute atomic E-state index is 13.6. The Balaban J connectivity index is 1.30. The van der Waals surface area contributed by atoms with Crippen LogP contribution in [0, 0.1) is 17.8 Å². The molecule has 294 valence electrons. The second-order valence-corrected chi connectivity index (χ2v) is 18.8. The van der Waals surface area contributed by atoms with E-state index < -0.39 is 26.8 Å². The van der Waals surface area contributed by atoms with Gasteiger partial charge in [-0.25, -0.2) is 13.1 Å². The van der Waals surface area contributed by atoms with E-state index >= 15 is 0 Å². The molecule has 2 aromatic carbocycles. The number of likely N-dealkylation sites (tertiary alicyclic amines) is 1. The van der Waals surface area contributed by atoms with Crippen LogP contribution in [0.2, 0.25) is 5.02 Å². The summed E-state index contributed by atoms with van der Waals surface area (Å²) in [4.78, 5) is 20.8. The molecule has 1 saturated carbocycles. The van der Waals surface area contributed by atoms with Gasteiger partial charge < -0.3 is 29.3 Å². The second-order valence-electron chi connectivity index (χ2n) is 16.4. The zero-order chi connectivity index (χ0) is 37.8. The number of sulfonamides is 1. The van der Waals surface area contributed by atoms with Crippen molar-refractivity contribution in [3.05, 3.63) is 58.1 Å². The van der Waals surface area contributed by atoms with E-state index in [2.05, 4.69) is 26.5 Å². The van der Waals surface area contributed by atoms with Crippen LogP contribution >= 0.6 is 11.6 Å². The smallest absolute Gasteiger partial charge is 0.264 e. The molecule has 0 radical (unpaired) electrons. The molecular formula is C41H61ClN4O6S. The van der Waals surface area contributed by atoms with Crippen molar-refractivity contribution >= 4 is 33.2 Å². The molecule has 5 atom stereocenters. The number of ether oxygens (including phenoxy) is 2. The van der Waals surface area contributed by atoms with E-state index in [4.69, 9.17) is 21.1 Å². The summed E-state index contributed by atoms with van der Waals surface area (Å²) in [5.41, 5.74) is 2.44. The number of rotatable bonds is 6. The molecule has 0 spiro atoms. The summed E-state index contributed by atoms with van der Waals surface area (Å²) in [6.07, 6.45) is 8.87. The SMILES string of the molecule is COCCN(C)C1CCN(C[C@@]2(O)CCC[C@H](C)[C@@H](C)S(=O)(=O)NC(=O)c3ccc4c(c3)N(CCCCc3cc(Cl)ccc3CO4)C[C@@H]3CC[C@H]32)CC1. The van der Waals surface area contributed by atoms with Gasteiger partial charge in [0.2, 0.25) is 10.0 Å². The number of nitrogens with zero attached hydrogens (tertiary/aromatic N) is 3. The lowest BCUT2D eigenvalue weighted by Crippen LogP contribution is -2.57. The Morgan fingerprint density at radius 1 is 1.02 bits per heavy atom. The van der Waals surface area contributed by atoms with Crippen molar-refractivity contribution in [2.75, 3.05) is 64.9 Å². The first-order chi connectivity index (χ1) is 25.4. The quantitative estimate of drug-likeness (QED) is 0.359. The molecule has 0 unspecified atom stereocenters. The first-order valence-corrected chi connectivity index (χ1v) is 21.8. The van der Waals surface area contributed by atoms with Crippen LogP contribution in [0.15, 0.2) is 36.4 Å². The Labute approximate surface area is 322 Å². The standard InChI is InChI=1S/C41H61ClN4O6S/c1-29-8-7-18-41(48,28-45-20-16-36(17-21-45)44(3)22-23-51-4)37-14-11-33(37)26-46-19-6-5-9-31-24-35(42)13-10-34(31)27-52-39-15-12-32(25-38(39)46)40(47)43-53(49,50)30(29)2/h10,12-13,15,24-25,29-30,33,36-37,48H,5-9,11,14,16-23,26-28H2,1-4H3,(H,43,47)/t29-,30+,33-,37+,41-/m0/s1. The van der Waals surface area contributed by atoms with Crippen molar-refractivity contribution in [1.29, 1.82) is 0 Å². The van der Waals surface area contributed by atoms with Gasteiger partial charge in [0.15, 0.2) is 0 Å². The molecule has 53 heavy (non-hydrogen) atoms. The number of halogens is 1. The fourth-order valence-electron chi connectivity index (χ4n) is 9.11. The number of anilines is 1. The number of amides is 1. The molecule has 2 aromatic rings. The highest BCUT2D eigenvalue weighted by Gasteiger charge is 2.48. The number of likely N-dealkylation sites (N-methyl/N-ethyl adjacent to an activating group) is 1. The Morgan fingerprint density at radius 3 is 2.55 bits per heavy atom. The van der Waals surface area contributed by atoms with E-state index in [1.165, 1.54) is 5.56 Å². The van der Waals surface area contributed by atoms with Crippen molar-refractivity contribution in [2.24, 2.45) is 17.8 Å². The lowest BCUT2D eigenvalue weighted by atomic mass is 9.62. The first-order valence-electron chi connectivity index (χ1n) is 19.9. The number of nitrogens with one attached hydrogen (secondary N) is 1. The van der Waals surface area contributed by atoms with Crippen LogP contribution in [0.3, 0.4) is 0 Å². The minimum atomic E-state index is -3.95. The van der Waals surface area contributed by atoms with Crippen molar-refractivity contribution < 1.29 is 27.8 Å². The van der Waals surface area contributed by atoms with Crippen LogP contribution in [0.5, 0.6) is 5.75 Å². The largest absolute Gasteiger partial charge is 0.487 e. The lowest BCUT2D eigenvalue weighted by Gasteiger charge is -2.51. The number of piperidine rings is 1. The van der Waals surface area contributed by atoms with Crippen LogP contribution in [0.25, 0.3) is 0 Å². The molecular weight excluding hydrogens is 712 g/mol. The Kier molecular flexibility index (Phi) is 13.4. The molecule has 2 fully saturated rings. The zero-order valence-corrected chi connectivity index (χ0v) is 33.8. The summed E-state index contributed by atoms with van der Waals surface area (Å²) < 4.78 is 41.3. The van der Waals surface area contributed by atoms with Crippen LogP contribution in [0.4, 0.5) is 5.69 Å². The zero-order valence-electron chi connectivity index (χ0n) is 32.2. The van der Waals surface area contributed by atoms with Crippen LogP contribution < -0.4 is 14.4 Å². The lowest BCUT2D eigenvalue weighted by molar-refractivity contribution is -0.109. The van der Waals surface area contributed by atoms with Crippen molar-refractivity contribution in [3.63, 3.8) is 0 Å². The van der Waals surface area contributed by atoms with E-state index in [9.17, 15) is 18.3 Å². The van der Waals surface area contributed by atoms with Gasteiger partial charge in [-0.1, -0.05) is 31.0 Å². The van der Waals surface area contributed by atoms with Crippen molar-refractivity contribution in [3.8, 4) is 5.75 Å². The summed E-state index contributed by atoms with van der Waals surface area (Å²) in [5, 5.41) is 12.8. The van der Waals surface area contributed by atoms with Gasteiger partial charge in [0.25, 0.3) is 5.91 Å². The van der Waals surface area contributed by atoms with Crippen molar-refractivity contribution in [2.45, 2.75) is 102 Å². The predicted octanol–water partition coefficient (Wildman–Crippen LogP) is 6.13. The average molecular weight is 773 g/mol. The second kappa shape index (κ2) is 17.6. The summed E-state index contributed by atoms with van der Waals surface area (Å²) in [5.74, 6) is 0.225. The normalized spacial score (nSPS) is 29.2. The molecule has 1 amide bonds. The summed E-state index contributed by atoms with van der Waals surface area (Å²) in [6, 6.07) is 11.7. The van der Waals surface area contributed by atoms with Gasteiger partial charge in [-0.3, -0.25) is 4.79 Å². The maximum atomic E-state index is 13.6. The van der Waals surface area contributed by atoms with Gasteiger partial charge in [-0.15, -0.1) is 0 Å². The molecule has 2 N–H and O–H groups in total. The Hall–Kier alpha value is -2.41. The number of fused-ring (bicyclic) bond motifs is 3. The number of benzene rings is 2. The molecule has 3 aliphatic heterocycles. The number of methoxy groups -OCH3 is 1. The number of aryl methyl sites for hydroxylation is 1. The minimum Gasteiger partial charge on any atom is -0.487 e. The topological polar surface area (TPSA) is 112 Å². The minimum absolute atomic E-state index is 0.120. The van der Waals surface area contributed by atoms with E-state index in [1.807, 2.05) is 25.1 Å². The highest BCUT2D eigenvalue weighted by molar-refractivity contribution is 7.90. The van der Waals surface area contributed by atoms with Gasteiger partial charge in [0, 0.05) is 49.9 Å². The number of β-amino-alcohol motifs (C(OH)–C–C–N with tert-alkyl or cyclic N) is 1. The fraction of sp³-hybridized carbons (Fsp3) is 0.683. The van der Waals surface area contributed by atoms with E-state index in [-0.39, 0.29) is 23.3 Å². The van der Waals surface area contributed by atoms with E-state index in [0.717, 1.165) is 102 Å². The van der Waals surface area contributed by atoms with Crippen molar-refractivity contribution in [1.82, 2.24) is 14.5 Å². The van der Waals surface area contributed by atoms with E-state index in [1.54, 1.807) is 32.2 Å². The molecule has 2 bridgehead atoms. The maximum Gasteiger partial charge on any atom is 0.264 e. The Bertz CT molecular complexity index is 1670. The molecule has 1 saturated heterocycles. The van der Waals surface area contributed by atoms with Gasteiger partial charge in [-0.2, -0.15) is 0 Å². The number of hydrogen-bond donors (Lipinski definition) is 2. The summed E-state index contributed by atoms with van der Waals surface area (Å²) in [7, 11) is -0.0270. The monoisotopic (exact) mass is 772 g/mol. The van der Waals surface area contributed by atoms with Crippen LogP contribution in [-0.4, -0.2) is 106 Å². The van der Waals surface area contributed by atoms with Crippen LogP contribution in [-0.2, 0) is 27.8 Å². The number of carbonyl (C=O) groups excluding carboxylic acids is 1. The third-order valence-electron chi connectivity index (χ3n) is 12.9. The molecule has 10 nitrogen and oxygen atoms in total. The molecule has 1 aliphatic carbocycles. The summed E-state index contributed by atoms with van der Waals surface area (Å²) >= 11 is 6.39. The molecule has 4 aliphatic rings. The number of aliphatic hydroxyl groups is 1. The highest BCUT2D eigenvalue weighted by Crippen LogP contribution is 2.47. The third kappa shape index (κ3) is 9.70. The van der Waals surface area contributed by atoms with Gasteiger partial charge in [0.1, 0.15) is 12.4 Å². The first kappa shape index (κ1) is 40.3. The van der Waals surface area contributed by atoms with Gasteiger partial charge in [0.05, 0.1) is 23.1 Å². The van der Waals surface area contributed by atoms with Gasteiger partial charge >= 0.3 is 0 Å². The molecule has 0 aromatic heterocycles. The third-order valence-corrected chi connectivity index (χ3v) is 15.1. The number of carbonyl (C=O) groups is 1.